The molecular weight excluding hydrogens is 464 g/mol. The van der Waals surface area contributed by atoms with E-state index in [0.29, 0.717) is 19.5 Å². The number of halogens is 1. The monoisotopic (exact) mass is 492 g/mol. The van der Waals surface area contributed by atoms with E-state index >= 15 is 0 Å². The molecule has 4 nitrogen and oxygen atoms in total. The molecule has 2 amide bonds. The molecule has 0 radical (unpaired) electrons. The Morgan fingerprint density at radius 3 is 2.25 bits per heavy atom. The van der Waals surface area contributed by atoms with E-state index in [1.165, 1.54) is 0 Å². The number of hydrogen-bond donors (Lipinski definition) is 1. The minimum atomic E-state index is -0.599. The third-order valence-electron chi connectivity index (χ3n) is 5.33. The van der Waals surface area contributed by atoms with Crippen molar-refractivity contribution in [1.82, 2.24) is 10.2 Å². The summed E-state index contributed by atoms with van der Waals surface area (Å²) in [7, 11) is 0. The number of nitrogens with zero attached hydrogens (tertiary/aromatic N) is 1. The van der Waals surface area contributed by atoms with E-state index < -0.39 is 6.04 Å². The summed E-state index contributed by atoms with van der Waals surface area (Å²) < 4.78 is 0.975. The first-order valence-electron chi connectivity index (χ1n) is 10.9. The summed E-state index contributed by atoms with van der Waals surface area (Å²) in [4.78, 5) is 28.4. The molecule has 1 N–H and O–H groups in total. The van der Waals surface area contributed by atoms with E-state index in [4.69, 9.17) is 0 Å². The van der Waals surface area contributed by atoms with Crippen molar-refractivity contribution in [1.29, 1.82) is 0 Å². The molecule has 3 rings (SSSR count). The molecule has 166 valence electrons. The zero-order valence-electron chi connectivity index (χ0n) is 18.6. The van der Waals surface area contributed by atoms with Gasteiger partial charge in [-0.2, -0.15) is 0 Å². The van der Waals surface area contributed by atoms with Crippen LogP contribution >= 0.6 is 15.9 Å². The first-order valence-corrected chi connectivity index (χ1v) is 11.7. The fraction of sp³-hybridized carbons (Fsp3) is 0.259. The van der Waals surface area contributed by atoms with Crippen molar-refractivity contribution in [3.63, 3.8) is 0 Å². The third kappa shape index (κ3) is 6.79. The lowest BCUT2D eigenvalue weighted by molar-refractivity contribution is -0.140. The summed E-state index contributed by atoms with van der Waals surface area (Å²) in [5.74, 6) is -0.197. The average Bonchev–Trinajstić information content (AvgIpc) is 2.78. The number of amides is 2. The predicted octanol–water partition coefficient (Wildman–Crippen LogP) is 5.08. The lowest BCUT2D eigenvalue weighted by Crippen LogP contribution is -2.50. The van der Waals surface area contributed by atoms with E-state index in [0.717, 1.165) is 26.7 Å². The normalized spacial score (nSPS) is 11.6. The van der Waals surface area contributed by atoms with Crippen molar-refractivity contribution >= 4 is 27.7 Å². The standard InChI is InChI=1S/C27H29BrN2O2/c1-3-29-27(32)25(17-21-9-5-4-6-10-21)30(19-22-12-14-24(28)15-13-22)26(31)18-23-11-7-8-20(2)16-23/h4-16,25H,3,17-19H2,1-2H3,(H,29,32). The van der Waals surface area contributed by atoms with Gasteiger partial charge in [-0.25, -0.2) is 0 Å². The summed E-state index contributed by atoms with van der Waals surface area (Å²) in [5.41, 5.74) is 4.06. The summed E-state index contributed by atoms with van der Waals surface area (Å²) in [5, 5.41) is 2.93. The summed E-state index contributed by atoms with van der Waals surface area (Å²) in [6.07, 6.45) is 0.714. The lowest BCUT2D eigenvalue weighted by Gasteiger charge is -2.31. The lowest BCUT2D eigenvalue weighted by atomic mass is 10.0. The van der Waals surface area contributed by atoms with Crippen LogP contribution in [0.5, 0.6) is 0 Å². The Bertz CT molecular complexity index is 1040. The topological polar surface area (TPSA) is 49.4 Å². The molecule has 0 saturated heterocycles. The molecule has 0 spiro atoms. The molecule has 0 aliphatic rings. The van der Waals surface area contributed by atoms with Gasteiger partial charge in [-0.05, 0) is 42.7 Å². The van der Waals surface area contributed by atoms with E-state index in [1.54, 1.807) is 4.90 Å². The van der Waals surface area contributed by atoms with Crippen LogP contribution in [0.15, 0.2) is 83.3 Å². The first-order chi connectivity index (χ1) is 15.5. The molecule has 0 heterocycles. The highest BCUT2D eigenvalue weighted by molar-refractivity contribution is 9.10. The Morgan fingerprint density at radius 2 is 1.59 bits per heavy atom. The Balaban J connectivity index is 1.94. The molecule has 1 atom stereocenters. The molecule has 3 aromatic carbocycles. The number of aryl methyl sites for hydroxylation is 1. The van der Waals surface area contributed by atoms with Crippen molar-refractivity contribution in [3.8, 4) is 0 Å². The van der Waals surface area contributed by atoms with Gasteiger partial charge in [0.25, 0.3) is 0 Å². The predicted molar refractivity (Wildman–Crippen MR) is 132 cm³/mol. The highest BCUT2D eigenvalue weighted by Gasteiger charge is 2.30. The maximum atomic E-state index is 13.6. The van der Waals surface area contributed by atoms with Gasteiger partial charge < -0.3 is 10.2 Å². The quantitative estimate of drug-likeness (QED) is 0.452. The van der Waals surface area contributed by atoms with Gasteiger partial charge in [0.15, 0.2) is 0 Å². The van der Waals surface area contributed by atoms with Crippen LogP contribution < -0.4 is 5.32 Å². The molecule has 5 heteroatoms. The number of rotatable bonds is 9. The smallest absolute Gasteiger partial charge is 0.243 e. The number of likely N-dealkylation sites (N-methyl/N-ethyl adjacent to an activating group) is 1. The second-order valence-corrected chi connectivity index (χ2v) is 8.83. The Morgan fingerprint density at radius 1 is 0.906 bits per heavy atom. The second-order valence-electron chi connectivity index (χ2n) is 7.91. The van der Waals surface area contributed by atoms with Crippen LogP contribution in [0.2, 0.25) is 0 Å². The van der Waals surface area contributed by atoms with Crippen molar-refractivity contribution in [3.05, 3.63) is 106 Å². The molecule has 0 bridgehead atoms. The number of benzene rings is 3. The first kappa shape index (κ1) is 23.7. The highest BCUT2D eigenvalue weighted by Crippen LogP contribution is 2.18. The summed E-state index contributed by atoms with van der Waals surface area (Å²) in [6, 6.07) is 25.1. The maximum Gasteiger partial charge on any atom is 0.243 e. The second kappa shape index (κ2) is 11.6. The van der Waals surface area contributed by atoms with Crippen LogP contribution in [-0.4, -0.2) is 29.3 Å². The van der Waals surface area contributed by atoms with Gasteiger partial charge in [0.1, 0.15) is 6.04 Å². The van der Waals surface area contributed by atoms with E-state index in [9.17, 15) is 9.59 Å². The van der Waals surface area contributed by atoms with Gasteiger partial charge in [0, 0.05) is 24.0 Å². The minimum absolute atomic E-state index is 0.0642. The summed E-state index contributed by atoms with van der Waals surface area (Å²) in [6.45, 7) is 4.79. The molecule has 32 heavy (non-hydrogen) atoms. The van der Waals surface area contributed by atoms with Crippen LogP contribution in [0.1, 0.15) is 29.2 Å². The number of hydrogen-bond acceptors (Lipinski definition) is 2. The van der Waals surface area contributed by atoms with Crippen molar-refractivity contribution in [2.75, 3.05) is 6.54 Å². The molecule has 0 aromatic heterocycles. The Hall–Kier alpha value is -2.92. The fourth-order valence-electron chi connectivity index (χ4n) is 3.73. The SMILES string of the molecule is CCNC(=O)C(Cc1ccccc1)N(Cc1ccc(Br)cc1)C(=O)Cc1cccc(C)c1. The van der Waals surface area contributed by atoms with Gasteiger partial charge >= 0.3 is 0 Å². The van der Waals surface area contributed by atoms with Crippen molar-refractivity contribution < 1.29 is 9.59 Å². The van der Waals surface area contributed by atoms with Crippen LogP contribution in [0.25, 0.3) is 0 Å². The molecule has 0 aliphatic carbocycles. The van der Waals surface area contributed by atoms with Crippen molar-refractivity contribution in [2.45, 2.75) is 39.3 Å². The zero-order valence-corrected chi connectivity index (χ0v) is 20.1. The third-order valence-corrected chi connectivity index (χ3v) is 5.85. The van der Waals surface area contributed by atoms with Crippen LogP contribution in [0.3, 0.4) is 0 Å². The molecule has 0 fully saturated rings. The van der Waals surface area contributed by atoms with E-state index in [2.05, 4.69) is 21.2 Å². The van der Waals surface area contributed by atoms with Gasteiger partial charge in [-0.15, -0.1) is 0 Å². The van der Waals surface area contributed by atoms with E-state index in [-0.39, 0.29) is 18.2 Å². The largest absolute Gasteiger partial charge is 0.355 e. The number of nitrogens with one attached hydrogen (secondary N) is 1. The van der Waals surface area contributed by atoms with Crippen LogP contribution in [0, 0.1) is 6.92 Å². The fourth-order valence-corrected chi connectivity index (χ4v) is 4.00. The maximum absolute atomic E-state index is 13.6. The Labute approximate surface area is 198 Å². The van der Waals surface area contributed by atoms with Gasteiger partial charge in [0.2, 0.25) is 11.8 Å². The number of carbonyl (C=O) groups excluding carboxylic acids is 2. The zero-order chi connectivity index (χ0) is 22.9. The van der Waals surface area contributed by atoms with Gasteiger partial charge in [-0.3, -0.25) is 9.59 Å². The van der Waals surface area contributed by atoms with Crippen LogP contribution in [-0.2, 0) is 29.0 Å². The number of carbonyl (C=O) groups is 2. The molecule has 1 unspecified atom stereocenters. The van der Waals surface area contributed by atoms with Gasteiger partial charge in [-0.1, -0.05) is 88.2 Å². The average molecular weight is 493 g/mol. The molecule has 0 saturated carbocycles. The molecule has 3 aromatic rings. The van der Waals surface area contributed by atoms with Gasteiger partial charge in [0.05, 0.1) is 6.42 Å². The minimum Gasteiger partial charge on any atom is -0.355 e. The molecule has 0 aliphatic heterocycles. The highest BCUT2D eigenvalue weighted by atomic mass is 79.9. The summed E-state index contributed by atoms with van der Waals surface area (Å²) >= 11 is 3.46. The molecular formula is C27H29BrN2O2. The Kier molecular flexibility index (Phi) is 8.63. The van der Waals surface area contributed by atoms with Crippen molar-refractivity contribution in [2.24, 2.45) is 0 Å². The van der Waals surface area contributed by atoms with E-state index in [1.807, 2.05) is 92.7 Å². The van der Waals surface area contributed by atoms with Crippen LogP contribution in [0.4, 0.5) is 0 Å².